The van der Waals surface area contributed by atoms with E-state index in [1.165, 1.54) is 5.56 Å². The summed E-state index contributed by atoms with van der Waals surface area (Å²) < 4.78 is 19.2. The minimum atomic E-state index is -0.199. The Hall–Kier alpha value is -2.36. The average Bonchev–Trinajstić information content (AvgIpc) is 2.71. The van der Waals surface area contributed by atoms with Gasteiger partial charge in [-0.2, -0.15) is 0 Å². The van der Waals surface area contributed by atoms with Gasteiger partial charge in [-0.05, 0) is 116 Å². The first kappa shape index (κ1) is 22.8. The molecule has 0 amide bonds. The maximum absolute atomic E-state index is 11.0. The molecule has 0 fully saturated rings. The molecule has 2 aliphatic heterocycles. The molecule has 4 rings (SSSR count). The summed E-state index contributed by atoms with van der Waals surface area (Å²) in [6.07, 6.45) is 3.76. The minimum absolute atomic E-state index is 0.142. The number of fused-ring (bicyclic) bond motifs is 2. The Bertz CT molecular complexity index is 1090. The van der Waals surface area contributed by atoms with E-state index in [2.05, 4.69) is 48.5 Å². The molecule has 2 aliphatic rings. The predicted octanol–water partition coefficient (Wildman–Crippen LogP) is 6.72. The highest BCUT2D eigenvalue weighted by Crippen LogP contribution is 2.46. The Morgan fingerprint density at radius 2 is 1.22 bits per heavy atom. The molecule has 0 radical (unpaired) electrons. The molecular weight excluding hydrogens is 400 g/mol. The molecule has 32 heavy (non-hydrogen) atoms. The predicted molar refractivity (Wildman–Crippen MR) is 129 cm³/mol. The average molecular weight is 439 g/mol. The normalized spacial score (nSPS) is 18.3. The van der Waals surface area contributed by atoms with Crippen LogP contribution in [0.5, 0.6) is 23.0 Å². The molecule has 0 spiro atoms. The van der Waals surface area contributed by atoms with Gasteiger partial charge in [-0.25, -0.2) is 0 Å². The first-order chi connectivity index (χ1) is 14.8. The Morgan fingerprint density at radius 1 is 0.719 bits per heavy atom. The van der Waals surface area contributed by atoms with Gasteiger partial charge in [0.25, 0.3) is 0 Å². The van der Waals surface area contributed by atoms with Gasteiger partial charge in [0.05, 0.1) is 0 Å². The molecule has 174 valence electrons. The fourth-order valence-corrected chi connectivity index (χ4v) is 5.10. The highest BCUT2D eigenvalue weighted by atomic mass is 16.5. The van der Waals surface area contributed by atoms with Crippen molar-refractivity contribution in [3.05, 3.63) is 44.5 Å². The van der Waals surface area contributed by atoms with Crippen LogP contribution < -0.4 is 14.2 Å². The van der Waals surface area contributed by atoms with Crippen molar-refractivity contribution in [2.75, 3.05) is 0 Å². The smallest absolute Gasteiger partial charge is 0.127 e. The van der Waals surface area contributed by atoms with Gasteiger partial charge in [-0.1, -0.05) is 0 Å². The highest BCUT2D eigenvalue weighted by molar-refractivity contribution is 5.61. The molecule has 0 aliphatic carbocycles. The van der Waals surface area contributed by atoms with Crippen molar-refractivity contribution in [3.8, 4) is 23.0 Å². The third-order valence-corrected chi connectivity index (χ3v) is 7.57. The molecule has 2 aromatic carbocycles. The van der Waals surface area contributed by atoms with Crippen molar-refractivity contribution in [3.63, 3.8) is 0 Å². The summed E-state index contributed by atoms with van der Waals surface area (Å²) in [5, 5.41) is 11.0. The standard InChI is InChI=1S/C28H38O4/c1-15-16(2)26-21(11-13-28(8,9)32-26)22(23(15)29)14-30-24-17(3)18(4)25-20(19(24)5)10-12-27(6,7)31-25/h29H,10-14H2,1-9H3. The number of hydrogen-bond acceptors (Lipinski definition) is 4. The first-order valence-corrected chi connectivity index (χ1v) is 11.8. The van der Waals surface area contributed by atoms with E-state index in [1.54, 1.807) is 0 Å². The second-order valence-electron chi connectivity index (χ2n) is 10.9. The van der Waals surface area contributed by atoms with Crippen LogP contribution in [-0.2, 0) is 19.4 Å². The summed E-state index contributed by atoms with van der Waals surface area (Å²) in [6.45, 7) is 19.2. The highest BCUT2D eigenvalue weighted by Gasteiger charge is 2.33. The van der Waals surface area contributed by atoms with Gasteiger partial charge in [0, 0.05) is 16.7 Å². The zero-order valence-corrected chi connectivity index (χ0v) is 21.2. The molecule has 4 heteroatoms. The van der Waals surface area contributed by atoms with Crippen molar-refractivity contribution in [2.45, 2.75) is 106 Å². The van der Waals surface area contributed by atoms with Gasteiger partial charge >= 0.3 is 0 Å². The van der Waals surface area contributed by atoms with Crippen LogP contribution in [0.4, 0.5) is 0 Å². The lowest BCUT2D eigenvalue weighted by Crippen LogP contribution is -2.34. The van der Waals surface area contributed by atoms with Crippen LogP contribution in [0.3, 0.4) is 0 Å². The van der Waals surface area contributed by atoms with Gasteiger partial charge in [-0.3, -0.25) is 0 Å². The number of phenolic OH excluding ortho intramolecular Hbond substituents is 1. The summed E-state index contributed by atoms with van der Waals surface area (Å²) in [4.78, 5) is 0. The van der Waals surface area contributed by atoms with Crippen molar-refractivity contribution in [2.24, 2.45) is 0 Å². The van der Waals surface area contributed by atoms with Crippen molar-refractivity contribution >= 4 is 0 Å². The monoisotopic (exact) mass is 438 g/mol. The van der Waals surface area contributed by atoms with E-state index < -0.39 is 0 Å². The second kappa shape index (κ2) is 7.60. The molecule has 0 aromatic heterocycles. The second-order valence-corrected chi connectivity index (χ2v) is 10.9. The lowest BCUT2D eigenvalue weighted by atomic mass is 9.87. The van der Waals surface area contributed by atoms with Gasteiger partial charge < -0.3 is 19.3 Å². The van der Waals surface area contributed by atoms with E-state index in [0.717, 1.165) is 81.9 Å². The first-order valence-electron chi connectivity index (χ1n) is 11.8. The summed E-state index contributed by atoms with van der Waals surface area (Å²) in [6, 6.07) is 0. The fraction of sp³-hybridized carbons (Fsp3) is 0.571. The zero-order chi connectivity index (χ0) is 23.6. The van der Waals surface area contributed by atoms with Gasteiger partial charge in [-0.15, -0.1) is 0 Å². The van der Waals surface area contributed by atoms with Gasteiger partial charge in [0.2, 0.25) is 0 Å². The van der Waals surface area contributed by atoms with E-state index >= 15 is 0 Å². The summed E-state index contributed by atoms with van der Waals surface area (Å²) in [5.41, 5.74) is 8.12. The Labute approximate surface area is 192 Å². The number of ether oxygens (including phenoxy) is 3. The maximum Gasteiger partial charge on any atom is 0.127 e. The van der Waals surface area contributed by atoms with Crippen molar-refractivity contribution in [1.82, 2.24) is 0 Å². The Kier molecular flexibility index (Phi) is 5.42. The van der Waals surface area contributed by atoms with E-state index in [0.29, 0.717) is 12.4 Å². The van der Waals surface area contributed by atoms with E-state index in [-0.39, 0.29) is 11.2 Å². The van der Waals surface area contributed by atoms with Crippen LogP contribution in [0, 0.1) is 34.6 Å². The quantitative estimate of drug-likeness (QED) is 0.578. The van der Waals surface area contributed by atoms with Crippen LogP contribution >= 0.6 is 0 Å². The maximum atomic E-state index is 11.0. The molecule has 0 unspecified atom stereocenters. The molecule has 4 nitrogen and oxygen atoms in total. The van der Waals surface area contributed by atoms with E-state index in [9.17, 15) is 5.11 Å². The summed E-state index contributed by atoms with van der Waals surface area (Å²) >= 11 is 0. The number of aromatic hydroxyl groups is 1. The van der Waals surface area contributed by atoms with E-state index in [1.807, 2.05) is 13.8 Å². The molecule has 0 saturated heterocycles. The topological polar surface area (TPSA) is 47.9 Å². The van der Waals surface area contributed by atoms with E-state index in [4.69, 9.17) is 14.2 Å². The lowest BCUT2D eigenvalue weighted by molar-refractivity contribution is 0.0824. The molecule has 1 N–H and O–H groups in total. The third-order valence-electron chi connectivity index (χ3n) is 7.57. The largest absolute Gasteiger partial charge is 0.507 e. The van der Waals surface area contributed by atoms with Crippen LogP contribution in [0.2, 0.25) is 0 Å². The minimum Gasteiger partial charge on any atom is -0.507 e. The Balaban J connectivity index is 1.73. The third kappa shape index (κ3) is 3.72. The fourth-order valence-electron chi connectivity index (χ4n) is 5.10. The van der Waals surface area contributed by atoms with Crippen molar-refractivity contribution in [1.29, 1.82) is 0 Å². The molecule has 2 aromatic rings. The summed E-state index contributed by atoms with van der Waals surface area (Å²) in [7, 11) is 0. The molecule has 0 bridgehead atoms. The molecule has 2 heterocycles. The van der Waals surface area contributed by atoms with Gasteiger partial charge in [0.15, 0.2) is 0 Å². The molecule has 0 saturated carbocycles. The summed E-state index contributed by atoms with van der Waals surface area (Å²) in [5.74, 6) is 3.18. The number of rotatable bonds is 3. The number of phenols is 1. The van der Waals surface area contributed by atoms with Crippen molar-refractivity contribution < 1.29 is 19.3 Å². The van der Waals surface area contributed by atoms with Crippen LogP contribution in [0.25, 0.3) is 0 Å². The molecule has 0 atom stereocenters. The van der Waals surface area contributed by atoms with Crippen LogP contribution in [-0.4, -0.2) is 16.3 Å². The number of hydrogen-bond donors (Lipinski definition) is 1. The van der Waals surface area contributed by atoms with Crippen LogP contribution in [0.1, 0.15) is 85.0 Å². The lowest BCUT2D eigenvalue weighted by Gasteiger charge is -2.36. The molecular formula is C28H38O4. The van der Waals surface area contributed by atoms with Crippen LogP contribution in [0.15, 0.2) is 0 Å². The Morgan fingerprint density at radius 3 is 1.81 bits per heavy atom. The number of benzene rings is 2. The SMILES string of the molecule is Cc1c(C)c2c(c(COc3c(C)c(C)c4c(c3C)CCC(C)(C)O4)c1O)CCC(C)(C)O2. The zero-order valence-electron chi connectivity index (χ0n) is 21.2. The van der Waals surface area contributed by atoms with Gasteiger partial charge in [0.1, 0.15) is 40.8 Å².